The molecule has 2 aliphatic rings. The molecule has 0 spiro atoms. The van der Waals surface area contributed by atoms with Crippen LogP contribution in [0.1, 0.15) is 11.1 Å². The number of nitrogens with one attached hydrogen (secondary N) is 1. The number of hydrogen-bond acceptors (Lipinski definition) is 5. The van der Waals surface area contributed by atoms with Crippen molar-refractivity contribution in [3.8, 4) is 10.6 Å². The van der Waals surface area contributed by atoms with Crippen molar-refractivity contribution in [2.75, 3.05) is 11.9 Å². The zero-order valence-electron chi connectivity index (χ0n) is 14.4. The van der Waals surface area contributed by atoms with Crippen molar-refractivity contribution in [3.05, 3.63) is 77.1 Å². The molecule has 0 amide bonds. The van der Waals surface area contributed by atoms with Gasteiger partial charge in [0.05, 0.1) is 32.8 Å². The smallest absolute Gasteiger partial charge is 0.0811 e. The molecule has 26 heavy (non-hydrogen) atoms. The Kier molecular flexibility index (Phi) is 4.41. The third-order valence-corrected chi connectivity index (χ3v) is 5.49. The Bertz CT molecular complexity index is 1110. The van der Waals surface area contributed by atoms with Crippen molar-refractivity contribution in [2.45, 2.75) is 13.2 Å². The highest BCUT2D eigenvalue weighted by Gasteiger charge is 2.09. The fourth-order valence-corrected chi connectivity index (χ4v) is 4.08. The van der Waals surface area contributed by atoms with Crippen LogP contribution in [0.2, 0.25) is 0 Å². The number of fused-ring (bicyclic) bond motifs is 2. The van der Waals surface area contributed by atoms with Crippen LogP contribution in [0.5, 0.6) is 0 Å². The number of aromatic nitrogens is 1. The van der Waals surface area contributed by atoms with Gasteiger partial charge in [-0.25, -0.2) is 4.98 Å². The van der Waals surface area contributed by atoms with E-state index in [2.05, 4.69) is 36.2 Å². The molecule has 5 heteroatoms. The average Bonchev–Trinajstić information content (AvgIpc) is 2.66. The second-order valence-electron chi connectivity index (χ2n) is 6.38. The minimum Gasteiger partial charge on any atom is -0.392 e. The maximum atomic E-state index is 9.31. The van der Waals surface area contributed by atoms with Gasteiger partial charge >= 0.3 is 0 Å². The third-order valence-electron chi connectivity index (χ3n) is 4.40. The molecule has 0 saturated heterocycles. The van der Waals surface area contributed by atoms with Gasteiger partial charge in [-0.2, -0.15) is 0 Å². The molecule has 0 bridgehead atoms. The predicted molar refractivity (Wildman–Crippen MR) is 107 cm³/mol. The van der Waals surface area contributed by atoms with Gasteiger partial charge in [0, 0.05) is 19.3 Å². The largest absolute Gasteiger partial charge is 0.392 e. The molecule has 0 unspecified atom stereocenters. The van der Waals surface area contributed by atoms with Gasteiger partial charge in [0.25, 0.3) is 0 Å². The van der Waals surface area contributed by atoms with E-state index in [1.807, 2.05) is 30.3 Å². The SMILES string of the molecule is CN(Cc1cccc(CO)c1)c1ccc2nc3ccc(=N)cc-3sc2c1. The van der Waals surface area contributed by atoms with Crippen molar-refractivity contribution in [3.63, 3.8) is 0 Å². The van der Waals surface area contributed by atoms with E-state index in [-0.39, 0.29) is 6.61 Å². The molecule has 0 atom stereocenters. The maximum Gasteiger partial charge on any atom is 0.0811 e. The zero-order valence-corrected chi connectivity index (χ0v) is 15.3. The highest BCUT2D eigenvalue weighted by Crippen LogP contribution is 2.32. The number of benzene rings is 3. The highest BCUT2D eigenvalue weighted by molar-refractivity contribution is 7.21. The molecule has 4 nitrogen and oxygen atoms in total. The third kappa shape index (κ3) is 3.31. The molecular formula is C21H19N3OS. The van der Waals surface area contributed by atoms with Crippen molar-refractivity contribution >= 4 is 27.2 Å². The molecule has 1 aliphatic carbocycles. The molecule has 2 N–H and O–H groups in total. The first-order chi connectivity index (χ1) is 12.6. The highest BCUT2D eigenvalue weighted by atomic mass is 32.1. The lowest BCUT2D eigenvalue weighted by Crippen LogP contribution is -2.16. The Balaban J connectivity index is 1.68. The van der Waals surface area contributed by atoms with E-state index in [1.165, 1.54) is 5.56 Å². The number of aliphatic hydroxyl groups is 1. The summed E-state index contributed by atoms with van der Waals surface area (Å²) in [6, 6.07) is 19.8. The van der Waals surface area contributed by atoms with E-state index >= 15 is 0 Å². The Morgan fingerprint density at radius 2 is 1.88 bits per heavy atom. The van der Waals surface area contributed by atoms with Crippen molar-refractivity contribution < 1.29 is 5.11 Å². The minimum atomic E-state index is 0.0614. The van der Waals surface area contributed by atoms with Gasteiger partial charge in [-0.15, -0.1) is 11.3 Å². The van der Waals surface area contributed by atoms with E-state index in [9.17, 15) is 5.11 Å². The molecule has 2 aromatic rings. The van der Waals surface area contributed by atoms with Crippen molar-refractivity contribution in [2.24, 2.45) is 0 Å². The average molecular weight is 361 g/mol. The summed E-state index contributed by atoms with van der Waals surface area (Å²) in [5, 5.41) is 17.6. The van der Waals surface area contributed by atoms with Crippen LogP contribution in [0.25, 0.3) is 20.8 Å². The molecule has 0 fully saturated rings. The molecule has 1 heterocycles. The molecule has 130 valence electrons. The summed E-state index contributed by atoms with van der Waals surface area (Å²) >= 11 is 1.67. The van der Waals surface area contributed by atoms with Gasteiger partial charge in [0.1, 0.15) is 0 Å². The first kappa shape index (κ1) is 16.7. The first-order valence-corrected chi connectivity index (χ1v) is 9.23. The lowest BCUT2D eigenvalue weighted by molar-refractivity contribution is 0.281. The Labute approximate surface area is 155 Å². The van der Waals surface area contributed by atoms with E-state index in [1.54, 1.807) is 17.4 Å². The molecule has 4 rings (SSSR count). The number of anilines is 1. The molecule has 1 aliphatic heterocycles. The van der Waals surface area contributed by atoms with Crippen LogP contribution in [0.3, 0.4) is 0 Å². The van der Waals surface area contributed by atoms with Gasteiger partial charge in [0.2, 0.25) is 0 Å². The summed E-state index contributed by atoms with van der Waals surface area (Å²) in [5.74, 6) is 0. The number of nitrogens with zero attached hydrogens (tertiary/aromatic N) is 2. The summed E-state index contributed by atoms with van der Waals surface area (Å²) in [6.07, 6.45) is 0. The van der Waals surface area contributed by atoms with Crippen LogP contribution in [-0.4, -0.2) is 17.1 Å². The van der Waals surface area contributed by atoms with Crippen molar-refractivity contribution in [1.29, 1.82) is 5.41 Å². The summed E-state index contributed by atoms with van der Waals surface area (Å²) in [7, 11) is 2.06. The molecule has 0 saturated carbocycles. The second kappa shape index (κ2) is 6.86. The Hall–Kier alpha value is -2.76. The van der Waals surface area contributed by atoms with E-state index < -0.39 is 0 Å². The lowest BCUT2D eigenvalue weighted by Gasteiger charge is -2.20. The number of aliphatic hydroxyl groups excluding tert-OH is 1. The fourth-order valence-electron chi connectivity index (χ4n) is 3.04. The lowest BCUT2D eigenvalue weighted by atomic mass is 10.1. The predicted octanol–water partition coefficient (Wildman–Crippen LogP) is 4.01. The molecule has 0 radical (unpaired) electrons. The van der Waals surface area contributed by atoms with Crippen LogP contribution in [0.4, 0.5) is 5.69 Å². The first-order valence-electron chi connectivity index (χ1n) is 8.41. The van der Waals surface area contributed by atoms with E-state index in [0.717, 1.165) is 38.6 Å². The van der Waals surface area contributed by atoms with Gasteiger partial charge in [0.15, 0.2) is 0 Å². The van der Waals surface area contributed by atoms with E-state index in [0.29, 0.717) is 5.36 Å². The number of rotatable bonds is 4. The molecule has 0 aromatic heterocycles. The minimum absolute atomic E-state index is 0.0614. The van der Waals surface area contributed by atoms with Gasteiger partial charge in [-0.3, -0.25) is 0 Å². The van der Waals surface area contributed by atoms with Crippen LogP contribution in [0.15, 0.2) is 60.7 Å². The summed E-state index contributed by atoms with van der Waals surface area (Å²) < 4.78 is 1.11. The Morgan fingerprint density at radius 3 is 2.73 bits per heavy atom. The second-order valence-corrected chi connectivity index (χ2v) is 7.47. The normalized spacial score (nSPS) is 11.2. The fraction of sp³-hybridized carbons (Fsp3) is 0.143. The number of hydrogen-bond donors (Lipinski definition) is 2. The molecule has 2 aromatic carbocycles. The molecular weight excluding hydrogens is 342 g/mol. The van der Waals surface area contributed by atoms with Crippen LogP contribution >= 0.6 is 11.3 Å². The van der Waals surface area contributed by atoms with Gasteiger partial charge in [-0.05, 0) is 47.5 Å². The summed E-state index contributed by atoms with van der Waals surface area (Å²) in [4.78, 5) is 7.92. The van der Waals surface area contributed by atoms with E-state index in [4.69, 9.17) is 10.4 Å². The standard InChI is InChI=1S/C21H19N3OS/c1-24(12-14-3-2-4-15(9-14)13-25)17-6-8-19-21(11-17)26-20-10-16(22)5-7-18(20)23-19/h2-11,22,25H,12-13H2,1H3. The van der Waals surface area contributed by atoms with Gasteiger partial charge in [-0.1, -0.05) is 24.3 Å². The zero-order chi connectivity index (χ0) is 18.1. The Morgan fingerprint density at radius 1 is 1.04 bits per heavy atom. The quantitative estimate of drug-likeness (QED) is 0.540. The topological polar surface area (TPSA) is 60.2 Å². The van der Waals surface area contributed by atoms with Crippen LogP contribution in [-0.2, 0) is 13.2 Å². The summed E-state index contributed by atoms with van der Waals surface area (Å²) in [5.41, 5.74) is 5.11. The van der Waals surface area contributed by atoms with Gasteiger partial charge < -0.3 is 15.4 Å². The van der Waals surface area contributed by atoms with Crippen LogP contribution < -0.4 is 10.3 Å². The van der Waals surface area contributed by atoms with Crippen molar-refractivity contribution in [1.82, 2.24) is 4.98 Å². The maximum absolute atomic E-state index is 9.31. The monoisotopic (exact) mass is 361 g/mol. The summed E-state index contributed by atoms with van der Waals surface area (Å²) in [6.45, 7) is 0.827. The van der Waals surface area contributed by atoms with Crippen LogP contribution in [0, 0.1) is 5.41 Å².